The van der Waals surface area contributed by atoms with Crippen LogP contribution in [-0.4, -0.2) is 35.9 Å². The lowest BCUT2D eigenvalue weighted by molar-refractivity contribution is -0.124. The van der Waals surface area contributed by atoms with Crippen LogP contribution in [0.5, 0.6) is 0 Å². The summed E-state index contributed by atoms with van der Waals surface area (Å²) in [6.07, 6.45) is 1.68. The number of carboxylic acid groups (broad SMARTS) is 1. The smallest absolute Gasteiger partial charge is 0.337 e. The summed E-state index contributed by atoms with van der Waals surface area (Å²) in [5.41, 5.74) is -0.0935. The third-order valence-corrected chi connectivity index (χ3v) is 4.90. The van der Waals surface area contributed by atoms with Crippen molar-refractivity contribution in [3.8, 4) is 0 Å². The van der Waals surface area contributed by atoms with Gasteiger partial charge in [0, 0.05) is 17.6 Å². The van der Waals surface area contributed by atoms with Crippen LogP contribution >= 0.6 is 0 Å². The van der Waals surface area contributed by atoms with E-state index in [-0.39, 0.29) is 29.1 Å². The molecule has 0 aliphatic heterocycles. The zero-order valence-corrected chi connectivity index (χ0v) is 18.4. The number of hydrogen-bond acceptors (Lipinski definition) is 4. The normalized spacial score (nSPS) is 11.1. The number of anilines is 2. The molecule has 166 valence electrons. The Labute approximate surface area is 182 Å². The van der Waals surface area contributed by atoms with Crippen LogP contribution in [0.3, 0.4) is 0 Å². The molecule has 6 nitrogen and oxygen atoms in total. The topological polar surface area (TPSA) is 86.7 Å². The Balaban J connectivity index is 2.36. The van der Waals surface area contributed by atoms with E-state index in [9.17, 15) is 23.9 Å². The second kappa shape index (κ2) is 10.2. The minimum absolute atomic E-state index is 0.00289. The Morgan fingerprint density at radius 1 is 1.06 bits per heavy atom. The second-order valence-corrected chi connectivity index (χ2v) is 8.42. The van der Waals surface area contributed by atoms with Gasteiger partial charge in [0.25, 0.3) is 5.91 Å². The first kappa shape index (κ1) is 24.1. The minimum Gasteiger partial charge on any atom is -0.478 e. The van der Waals surface area contributed by atoms with Gasteiger partial charge in [0.15, 0.2) is 5.78 Å². The standard InChI is InChI=1S/C24H29FN2O4/c1-5-6-13-27(15-21(28)24(2,3)4)20-12-11-16(14-18(20)23(30)31)26-22(29)17-9-7-8-10-19(17)25/h7-12,14H,5-6,13,15H2,1-4H3,(H,26,29)(H,30,31). The molecule has 7 heteroatoms. The molecule has 0 fully saturated rings. The van der Waals surface area contributed by atoms with E-state index in [4.69, 9.17) is 0 Å². The Morgan fingerprint density at radius 2 is 1.74 bits per heavy atom. The fourth-order valence-corrected chi connectivity index (χ4v) is 2.95. The van der Waals surface area contributed by atoms with Gasteiger partial charge in [-0.15, -0.1) is 0 Å². The van der Waals surface area contributed by atoms with Gasteiger partial charge in [-0.1, -0.05) is 46.2 Å². The molecule has 0 aliphatic rings. The number of halogens is 1. The van der Waals surface area contributed by atoms with Crippen LogP contribution in [0.15, 0.2) is 42.5 Å². The molecule has 31 heavy (non-hydrogen) atoms. The molecule has 0 radical (unpaired) electrons. The third-order valence-electron chi connectivity index (χ3n) is 4.90. The Bertz CT molecular complexity index is 966. The summed E-state index contributed by atoms with van der Waals surface area (Å²) < 4.78 is 13.9. The molecular weight excluding hydrogens is 399 g/mol. The first-order valence-corrected chi connectivity index (χ1v) is 10.3. The highest BCUT2D eigenvalue weighted by molar-refractivity contribution is 6.05. The number of benzene rings is 2. The van der Waals surface area contributed by atoms with E-state index < -0.39 is 23.1 Å². The van der Waals surface area contributed by atoms with Gasteiger partial charge in [-0.2, -0.15) is 0 Å². The van der Waals surface area contributed by atoms with E-state index in [2.05, 4.69) is 5.32 Å². The van der Waals surface area contributed by atoms with Crippen LogP contribution in [0.1, 0.15) is 61.3 Å². The Kier molecular flexibility index (Phi) is 7.91. The number of carbonyl (C=O) groups excluding carboxylic acids is 2. The van der Waals surface area contributed by atoms with Crippen LogP contribution in [0.25, 0.3) is 0 Å². The van der Waals surface area contributed by atoms with Gasteiger partial charge in [-0.3, -0.25) is 9.59 Å². The molecule has 2 aromatic rings. The van der Waals surface area contributed by atoms with E-state index in [1.165, 1.54) is 24.3 Å². The highest BCUT2D eigenvalue weighted by Gasteiger charge is 2.26. The summed E-state index contributed by atoms with van der Waals surface area (Å²) in [6.45, 7) is 8.11. The first-order chi connectivity index (χ1) is 14.5. The summed E-state index contributed by atoms with van der Waals surface area (Å²) in [6, 6.07) is 10.0. The number of nitrogens with zero attached hydrogens (tertiary/aromatic N) is 1. The number of rotatable bonds is 9. The molecule has 0 spiro atoms. The van der Waals surface area contributed by atoms with Gasteiger partial charge < -0.3 is 15.3 Å². The van der Waals surface area contributed by atoms with E-state index in [0.29, 0.717) is 12.2 Å². The van der Waals surface area contributed by atoms with Crippen molar-refractivity contribution in [2.75, 3.05) is 23.3 Å². The molecule has 0 unspecified atom stereocenters. The van der Waals surface area contributed by atoms with Gasteiger partial charge in [-0.25, -0.2) is 9.18 Å². The van der Waals surface area contributed by atoms with E-state index >= 15 is 0 Å². The fourth-order valence-electron chi connectivity index (χ4n) is 2.95. The van der Waals surface area contributed by atoms with Gasteiger partial charge in [0.2, 0.25) is 0 Å². The summed E-state index contributed by atoms with van der Waals surface area (Å²) in [5, 5.41) is 12.3. The largest absolute Gasteiger partial charge is 0.478 e. The van der Waals surface area contributed by atoms with Crippen LogP contribution in [0.2, 0.25) is 0 Å². The quantitative estimate of drug-likeness (QED) is 0.587. The predicted octanol–water partition coefficient (Wildman–Crippen LogP) is 5.00. The fraction of sp³-hybridized carbons (Fsp3) is 0.375. The molecule has 0 heterocycles. The van der Waals surface area contributed by atoms with Gasteiger partial charge in [-0.05, 0) is 36.8 Å². The zero-order chi connectivity index (χ0) is 23.2. The highest BCUT2D eigenvalue weighted by atomic mass is 19.1. The van der Waals surface area contributed by atoms with E-state index in [1.807, 2.05) is 27.7 Å². The van der Waals surface area contributed by atoms with Crippen molar-refractivity contribution in [1.82, 2.24) is 0 Å². The van der Waals surface area contributed by atoms with Crippen LogP contribution in [0.4, 0.5) is 15.8 Å². The molecule has 0 aliphatic carbocycles. The van der Waals surface area contributed by atoms with Gasteiger partial charge >= 0.3 is 5.97 Å². The number of unbranched alkanes of at least 4 members (excludes halogenated alkanes) is 1. The number of ketones is 1. The maximum Gasteiger partial charge on any atom is 0.337 e. The zero-order valence-electron chi connectivity index (χ0n) is 18.4. The van der Waals surface area contributed by atoms with Crippen molar-refractivity contribution in [2.45, 2.75) is 40.5 Å². The molecule has 0 bridgehead atoms. The molecule has 0 saturated heterocycles. The molecule has 2 aromatic carbocycles. The molecule has 2 N–H and O–H groups in total. The van der Waals surface area contributed by atoms with Crippen molar-refractivity contribution in [1.29, 1.82) is 0 Å². The SMILES string of the molecule is CCCCN(CC(=O)C(C)(C)C)c1ccc(NC(=O)c2ccccc2F)cc1C(=O)O. The van der Waals surface area contributed by atoms with Crippen molar-refractivity contribution in [3.63, 3.8) is 0 Å². The summed E-state index contributed by atoms with van der Waals surface area (Å²) in [7, 11) is 0. The molecule has 1 amide bonds. The van der Waals surface area contributed by atoms with Crippen LogP contribution < -0.4 is 10.2 Å². The summed E-state index contributed by atoms with van der Waals surface area (Å²) in [4.78, 5) is 38.7. The van der Waals surface area contributed by atoms with E-state index in [1.54, 1.807) is 23.1 Å². The number of nitrogens with one attached hydrogen (secondary N) is 1. The van der Waals surface area contributed by atoms with Crippen LogP contribution in [-0.2, 0) is 4.79 Å². The maximum atomic E-state index is 13.9. The number of carbonyl (C=O) groups is 3. The number of carboxylic acids is 1. The number of Topliss-reactive ketones (excluding diaryl/α,β-unsaturated/α-hetero) is 1. The average molecular weight is 429 g/mol. The molecular formula is C24H29FN2O4. The minimum atomic E-state index is -1.18. The molecule has 0 aromatic heterocycles. The second-order valence-electron chi connectivity index (χ2n) is 8.42. The van der Waals surface area contributed by atoms with Crippen molar-refractivity contribution < 1.29 is 23.9 Å². The summed E-state index contributed by atoms with van der Waals surface area (Å²) in [5.74, 6) is -2.52. The Hall–Kier alpha value is -3.22. The molecule has 0 atom stereocenters. The average Bonchev–Trinajstić information content (AvgIpc) is 2.70. The molecule has 0 saturated carbocycles. The highest BCUT2D eigenvalue weighted by Crippen LogP contribution is 2.27. The van der Waals surface area contributed by atoms with Crippen molar-refractivity contribution in [3.05, 3.63) is 59.4 Å². The maximum absolute atomic E-state index is 13.9. The van der Waals surface area contributed by atoms with Crippen LogP contribution in [0, 0.1) is 11.2 Å². The predicted molar refractivity (Wildman–Crippen MR) is 119 cm³/mol. The first-order valence-electron chi connectivity index (χ1n) is 10.3. The van der Waals surface area contributed by atoms with E-state index in [0.717, 1.165) is 12.8 Å². The van der Waals surface area contributed by atoms with Gasteiger partial charge in [0.1, 0.15) is 5.82 Å². The number of hydrogen-bond donors (Lipinski definition) is 2. The number of amides is 1. The molecule has 2 rings (SSSR count). The van der Waals surface area contributed by atoms with Crippen molar-refractivity contribution in [2.24, 2.45) is 5.41 Å². The lowest BCUT2D eigenvalue weighted by Gasteiger charge is -2.29. The lowest BCUT2D eigenvalue weighted by atomic mass is 9.90. The Morgan fingerprint density at radius 3 is 2.32 bits per heavy atom. The van der Waals surface area contributed by atoms with Gasteiger partial charge in [0.05, 0.1) is 23.4 Å². The monoisotopic (exact) mass is 428 g/mol. The summed E-state index contributed by atoms with van der Waals surface area (Å²) >= 11 is 0. The third kappa shape index (κ3) is 6.38. The lowest BCUT2D eigenvalue weighted by Crippen LogP contribution is -2.37. The number of aromatic carboxylic acids is 1. The van der Waals surface area contributed by atoms with Crippen molar-refractivity contribution >= 4 is 29.0 Å².